The molecule has 0 aromatic carbocycles. The average Bonchev–Trinajstić information content (AvgIpc) is 2.45. The Morgan fingerprint density at radius 1 is 0.952 bits per heavy atom. The van der Waals surface area contributed by atoms with E-state index in [0.717, 1.165) is 19.3 Å². The molecule has 0 atom stereocenters. The molecule has 0 unspecified atom stereocenters. The molecule has 0 radical (unpaired) electrons. The topological polar surface area (TPSA) is 71.1 Å². The van der Waals surface area contributed by atoms with Gasteiger partial charge in [0.15, 0.2) is 6.11 Å². The molecule has 0 amide bonds. The minimum absolute atomic E-state index is 0.0310. The highest BCUT2D eigenvalue weighted by atomic mass is 32.2. The van der Waals surface area contributed by atoms with E-state index in [1.54, 1.807) is 0 Å². The molecule has 7 heteroatoms. The maximum Gasteiger partial charge on any atom is 0.306 e. The number of hydrogen-bond acceptors (Lipinski definition) is 6. The van der Waals surface area contributed by atoms with Crippen LogP contribution in [0.15, 0.2) is 0 Å². The van der Waals surface area contributed by atoms with Crippen LogP contribution in [0.3, 0.4) is 0 Å². The van der Waals surface area contributed by atoms with E-state index in [1.807, 2.05) is 6.92 Å². The van der Waals surface area contributed by atoms with Crippen molar-refractivity contribution in [3.05, 3.63) is 0 Å². The van der Waals surface area contributed by atoms with Crippen molar-refractivity contribution >= 4 is 10.1 Å². The van der Waals surface area contributed by atoms with Gasteiger partial charge < -0.3 is 9.47 Å². The second-order valence-corrected chi connectivity index (χ2v) is 5.97. The Morgan fingerprint density at radius 3 is 2.43 bits per heavy atom. The normalized spacial score (nSPS) is 11.0. The Morgan fingerprint density at radius 2 is 1.71 bits per heavy atom. The van der Waals surface area contributed by atoms with Crippen molar-refractivity contribution in [3.8, 4) is 12.0 Å². The van der Waals surface area contributed by atoms with Crippen molar-refractivity contribution in [1.29, 1.82) is 0 Å². The highest BCUT2D eigenvalue weighted by molar-refractivity contribution is 7.86. The molecule has 0 aliphatic carbocycles. The zero-order valence-electron chi connectivity index (χ0n) is 12.9. The number of rotatable bonds is 13. The van der Waals surface area contributed by atoms with E-state index in [9.17, 15) is 8.42 Å². The monoisotopic (exact) mass is 322 g/mol. The molecule has 0 saturated carbocycles. The molecule has 0 bridgehead atoms. The number of hydrogen-bond donors (Lipinski definition) is 0. The third-order valence-corrected chi connectivity index (χ3v) is 3.40. The molecule has 0 spiro atoms. The van der Waals surface area contributed by atoms with Crippen LogP contribution < -0.4 is 0 Å². The van der Waals surface area contributed by atoms with Crippen LogP contribution in [0.25, 0.3) is 0 Å². The zero-order chi connectivity index (χ0) is 15.8. The van der Waals surface area contributed by atoms with Gasteiger partial charge in [-0.2, -0.15) is 8.42 Å². The molecule has 6 nitrogen and oxygen atoms in total. The molecular weight excluding hydrogens is 296 g/mol. The predicted molar refractivity (Wildman–Crippen MR) is 79.8 cm³/mol. The Hall–Kier alpha value is -0.810. The van der Waals surface area contributed by atoms with E-state index >= 15 is 0 Å². The molecule has 0 aliphatic heterocycles. The first kappa shape index (κ1) is 20.2. The molecule has 0 rings (SSSR count). The van der Waals surface area contributed by atoms with Gasteiger partial charge in [-0.3, -0.25) is 4.89 Å². The van der Waals surface area contributed by atoms with Gasteiger partial charge in [0, 0.05) is 13.0 Å². The van der Waals surface area contributed by atoms with Crippen LogP contribution in [0.1, 0.15) is 46.0 Å². The van der Waals surface area contributed by atoms with Crippen LogP contribution in [0.5, 0.6) is 0 Å². The van der Waals surface area contributed by atoms with E-state index in [-0.39, 0.29) is 12.4 Å². The van der Waals surface area contributed by atoms with Crippen LogP contribution in [0.4, 0.5) is 0 Å². The lowest BCUT2D eigenvalue weighted by Gasteiger charge is -2.04. The minimum atomic E-state index is -3.77. The first-order chi connectivity index (χ1) is 10.1. The first-order valence-corrected chi connectivity index (χ1v) is 8.91. The lowest BCUT2D eigenvalue weighted by atomic mass is 10.2. The quantitative estimate of drug-likeness (QED) is 0.224. The summed E-state index contributed by atoms with van der Waals surface area (Å²) in [6.07, 6.45) is 7.33. The summed E-state index contributed by atoms with van der Waals surface area (Å²) < 4.78 is 37.1. The van der Waals surface area contributed by atoms with E-state index < -0.39 is 10.1 Å². The van der Waals surface area contributed by atoms with Crippen molar-refractivity contribution in [2.24, 2.45) is 0 Å². The van der Waals surface area contributed by atoms with E-state index in [4.69, 9.17) is 9.47 Å². The van der Waals surface area contributed by atoms with Gasteiger partial charge in [0.1, 0.15) is 5.75 Å². The van der Waals surface area contributed by atoms with Crippen LogP contribution in [-0.4, -0.2) is 40.6 Å². The van der Waals surface area contributed by atoms with Crippen LogP contribution in [0, 0.1) is 12.0 Å². The van der Waals surface area contributed by atoms with E-state index in [2.05, 4.69) is 28.2 Å². The van der Waals surface area contributed by atoms with Gasteiger partial charge in [-0.05, 0) is 17.7 Å². The number of ether oxygens (including phenoxy) is 2. The van der Waals surface area contributed by atoms with Gasteiger partial charge >= 0.3 is 10.1 Å². The standard InChI is InChI=1S/C14H26O6S/c1-3-5-6-7-8-9-10-19-20-21(15,16)14-13-18-12-11-17-4-2/h3-8,11-14H2,1-2H3. The van der Waals surface area contributed by atoms with Crippen molar-refractivity contribution in [2.45, 2.75) is 46.0 Å². The van der Waals surface area contributed by atoms with Gasteiger partial charge in [-0.15, -0.1) is 0 Å². The SMILES string of the molecule is CCCCCCC#COOS(=O)(=O)CCOCCOCC. The molecular formula is C14H26O6S. The summed E-state index contributed by atoms with van der Waals surface area (Å²) >= 11 is 0. The Labute approximate surface area is 128 Å². The van der Waals surface area contributed by atoms with Gasteiger partial charge in [-0.1, -0.05) is 32.1 Å². The van der Waals surface area contributed by atoms with Crippen molar-refractivity contribution in [1.82, 2.24) is 0 Å². The fourth-order valence-electron chi connectivity index (χ4n) is 1.35. The summed E-state index contributed by atoms with van der Waals surface area (Å²) in [5.41, 5.74) is 0. The van der Waals surface area contributed by atoms with Gasteiger partial charge in [-0.25, -0.2) is 0 Å². The Balaban J connectivity index is 3.57. The molecule has 0 N–H and O–H groups in total. The Kier molecular flexibility index (Phi) is 13.6. The summed E-state index contributed by atoms with van der Waals surface area (Å²) in [5.74, 6) is 2.42. The predicted octanol–water partition coefficient (Wildman–Crippen LogP) is 2.25. The van der Waals surface area contributed by atoms with Crippen molar-refractivity contribution in [2.75, 3.05) is 32.2 Å². The zero-order valence-corrected chi connectivity index (χ0v) is 13.7. The molecule has 0 fully saturated rings. The molecule has 0 aliphatic rings. The summed E-state index contributed by atoms with van der Waals surface area (Å²) in [7, 11) is -3.77. The molecule has 0 heterocycles. The number of unbranched alkanes of at least 4 members (excludes halogenated alkanes) is 4. The minimum Gasteiger partial charge on any atom is -0.379 e. The smallest absolute Gasteiger partial charge is 0.306 e. The van der Waals surface area contributed by atoms with Crippen LogP contribution in [0.2, 0.25) is 0 Å². The summed E-state index contributed by atoms with van der Waals surface area (Å²) in [4.78, 5) is 4.37. The lowest BCUT2D eigenvalue weighted by molar-refractivity contribution is -0.127. The molecule has 0 aromatic rings. The van der Waals surface area contributed by atoms with Crippen molar-refractivity contribution < 1.29 is 27.1 Å². The second kappa shape index (κ2) is 14.1. The van der Waals surface area contributed by atoms with E-state index in [0.29, 0.717) is 26.2 Å². The fourth-order valence-corrected chi connectivity index (χ4v) is 1.88. The van der Waals surface area contributed by atoms with Gasteiger partial charge in [0.05, 0.1) is 19.8 Å². The summed E-state index contributed by atoms with van der Waals surface area (Å²) in [6.45, 7) is 5.44. The van der Waals surface area contributed by atoms with Crippen LogP contribution >= 0.6 is 0 Å². The summed E-state index contributed by atoms with van der Waals surface area (Å²) in [5, 5.41) is 0. The van der Waals surface area contributed by atoms with Crippen LogP contribution in [-0.2, 0) is 28.8 Å². The summed E-state index contributed by atoms with van der Waals surface area (Å²) in [6, 6.07) is 0. The first-order valence-electron chi connectivity index (χ1n) is 7.33. The molecule has 124 valence electrons. The average molecular weight is 322 g/mol. The Bertz CT molecular complexity index is 382. The van der Waals surface area contributed by atoms with Gasteiger partial charge in [0.25, 0.3) is 0 Å². The third kappa shape index (κ3) is 15.4. The maximum atomic E-state index is 11.4. The molecule has 21 heavy (non-hydrogen) atoms. The highest BCUT2D eigenvalue weighted by Crippen LogP contribution is 2.01. The largest absolute Gasteiger partial charge is 0.379 e. The fraction of sp³-hybridized carbons (Fsp3) is 0.857. The van der Waals surface area contributed by atoms with Gasteiger partial charge in [0.2, 0.25) is 0 Å². The third-order valence-electron chi connectivity index (χ3n) is 2.46. The molecule has 0 saturated heterocycles. The van der Waals surface area contributed by atoms with Crippen molar-refractivity contribution in [3.63, 3.8) is 0 Å². The second-order valence-electron chi connectivity index (χ2n) is 4.31. The highest BCUT2D eigenvalue weighted by Gasteiger charge is 2.12. The lowest BCUT2D eigenvalue weighted by Crippen LogP contribution is -2.16. The molecule has 0 aromatic heterocycles. The maximum absolute atomic E-state index is 11.4. The van der Waals surface area contributed by atoms with E-state index in [1.165, 1.54) is 6.42 Å².